The van der Waals surface area contributed by atoms with Crippen LogP contribution in [0.4, 0.5) is 0 Å². The van der Waals surface area contributed by atoms with Gasteiger partial charge in [0.05, 0.1) is 21.4 Å². The van der Waals surface area contributed by atoms with Gasteiger partial charge in [-0.2, -0.15) is 5.10 Å². The summed E-state index contributed by atoms with van der Waals surface area (Å²) >= 11 is 3.55. The highest BCUT2D eigenvalue weighted by Gasteiger charge is 2.13. The molecule has 0 aliphatic heterocycles. The maximum Gasteiger partial charge on any atom is 0.153 e. The first-order valence-corrected chi connectivity index (χ1v) is 7.25. The Labute approximate surface area is 126 Å². The van der Waals surface area contributed by atoms with Crippen LogP contribution in [0.25, 0.3) is 0 Å². The molecule has 0 fully saturated rings. The van der Waals surface area contributed by atoms with E-state index in [-0.39, 0.29) is 0 Å². The average Bonchev–Trinajstić information content (AvgIpc) is 2.72. The van der Waals surface area contributed by atoms with Crippen LogP contribution in [-0.4, -0.2) is 16.1 Å². The minimum absolute atomic E-state index is 0.369. The van der Waals surface area contributed by atoms with Crippen LogP contribution in [0.3, 0.4) is 0 Å². The standard InChI is InChI=1S/C15H17BrN2O2/c1-4-12-15(16)13(18(3)17-12)9-20-14-6-5-10(2)7-11(14)8-19/h5-8H,4,9H2,1-3H3. The second-order valence-electron chi connectivity index (χ2n) is 4.63. The number of carbonyl (C=O) groups is 1. The van der Waals surface area contributed by atoms with E-state index in [2.05, 4.69) is 28.0 Å². The van der Waals surface area contributed by atoms with Crippen molar-refractivity contribution < 1.29 is 9.53 Å². The van der Waals surface area contributed by atoms with E-state index in [1.165, 1.54) is 0 Å². The van der Waals surface area contributed by atoms with Crippen molar-refractivity contribution in [2.24, 2.45) is 7.05 Å². The highest BCUT2D eigenvalue weighted by atomic mass is 79.9. The molecule has 2 rings (SSSR count). The van der Waals surface area contributed by atoms with Gasteiger partial charge >= 0.3 is 0 Å². The molecule has 0 amide bonds. The number of aldehydes is 1. The summed E-state index contributed by atoms with van der Waals surface area (Å²) in [6.07, 6.45) is 1.68. The number of carbonyl (C=O) groups excluding carboxylic acids is 1. The Morgan fingerprint density at radius 2 is 2.20 bits per heavy atom. The normalized spacial score (nSPS) is 10.6. The number of aromatic nitrogens is 2. The monoisotopic (exact) mass is 336 g/mol. The van der Waals surface area contributed by atoms with Gasteiger partial charge in [0.15, 0.2) is 6.29 Å². The van der Waals surface area contributed by atoms with Gasteiger partial charge in [-0.25, -0.2) is 0 Å². The fourth-order valence-electron chi connectivity index (χ4n) is 2.01. The van der Waals surface area contributed by atoms with Gasteiger partial charge in [-0.1, -0.05) is 18.6 Å². The van der Waals surface area contributed by atoms with E-state index in [1.54, 1.807) is 4.68 Å². The quantitative estimate of drug-likeness (QED) is 0.785. The van der Waals surface area contributed by atoms with Crippen molar-refractivity contribution >= 4 is 22.2 Å². The van der Waals surface area contributed by atoms with Gasteiger partial charge in [-0.3, -0.25) is 9.48 Å². The Kier molecular flexibility index (Phi) is 4.60. The fraction of sp³-hybridized carbons (Fsp3) is 0.333. The van der Waals surface area contributed by atoms with Gasteiger partial charge in [0.2, 0.25) is 0 Å². The molecule has 0 aliphatic rings. The number of aryl methyl sites for hydroxylation is 3. The number of rotatable bonds is 5. The molecule has 0 saturated heterocycles. The molecule has 0 saturated carbocycles. The minimum atomic E-state index is 0.369. The van der Waals surface area contributed by atoms with Gasteiger partial charge in [0.1, 0.15) is 12.4 Å². The van der Waals surface area contributed by atoms with Gasteiger partial charge in [-0.05, 0) is 41.4 Å². The van der Waals surface area contributed by atoms with Gasteiger partial charge in [0.25, 0.3) is 0 Å². The zero-order valence-electron chi connectivity index (χ0n) is 11.8. The molecule has 0 aliphatic carbocycles. The first-order valence-electron chi connectivity index (χ1n) is 6.45. The third kappa shape index (κ3) is 2.93. The van der Waals surface area contributed by atoms with Crippen LogP contribution in [0.15, 0.2) is 22.7 Å². The van der Waals surface area contributed by atoms with Crippen molar-refractivity contribution in [1.29, 1.82) is 0 Å². The lowest BCUT2D eigenvalue weighted by atomic mass is 10.1. The lowest BCUT2D eigenvalue weighted by Crippen LogP contribution is -2.05. The SMILES string of the molecule is CCc1nn(C)c(COc2ccc(C)cc2C=O)c1Br. The predicted molar refractivity (Wildman–Crippen MR) is 81.2 cm³/mol. The second kappa shape index (κ2) is 6.22. The molecule has 0 radical (unpaired) electrons. The van der Waals surface area contributed by atoms with Crippen molar-refractivity contribution in [3.05, 3.63) is 45.2 Å². The summed E-state index contributed by atoms with van der Waals surface area (Å²) in [5.41, 5.74) is 3.57. The topological polar surface area (TPSA) is 44.1 Å². The second-order valence-corrected chi connectivity index (χ2v) is 5.43. The van der Waals surface area contributed by atoms with E-state index in [0.29, 0.717) is 17.9 Å². The number of halogens is 1. The van der Waals surface area contributed by atoms with Crippen molar-refractivity contribution in [2.75, 3.05) is 0 Å². The summed E-state index contributed by atoms with van der Waals surface area (Å²) in [6, 6.07) is 5.57. The molecule has 0 atom stereocenters. The van der Waals surface area contributed by atoms with Gasteiger partial charge in [0, 0.05) is 7.05 Å². The molecule has 5 heteroatoms. The van der Waals surface area contributed by atoms with Crippen LogP contribution in [-0.2, 0) is 20.1 Å². The zero-order chi connectivity index (χ0) is 14.7. The first-order chi connectivity index (χ1) is 9.56. The van der Waals surface area contributed by atoms with Crippen molar-refractivity contribution in [3.63, 3.8) is 0 Å². The number of nitrogens with zero attached hydrogens (tertiary/aromatic N) is 2. The van der Waals surface area contributed by atoms with E-state index in [0.717, 1.165) is 34.1 Å². The third-order valence-corrected chi connectivity index (χ3v) is 4.07. The molecule has 1 aromatic carbocycles. The maximum absolute atomic E-state index is 11.1. The van der Waals surface area contributed by atoms with E-state index in [9.17, 15) is 4.79 Å². The lowest BCUT2D eigenvalue weighted by Gasteiger charge is -2.09. The van der Waals surface area contributed by atoms with Crippen LogP contribution in [0.5, 0.6) is 5.75 Å². The summed E-state index contributed by atoms with van der Waals surface area (Å²) in [6.45, 7) is 4.37. The van der Waals surface area contributed by atoms with Gasteiger partial charge < -0.3 is 4.74 Å². The molecule has 2 aromatic rings. The molecule has 106 valence electrons. The Balaban J connectivity index is 2.21. The molecule has 1 aromatic heterocycles. The van der Waals surface area contributed by atoms with Crippen molar-refractivity contribution in [1.82, 2.24) is 9.78 Å². The minimum Gasteiger partial charge on any atom is -0.487 e. The summed E-state index contributed by atoms with van der Waals surface area (Å²) in [5.74, 6) is 0.594. The van der Waals surface area contributed by atoms with Crippen LogP contribution >= 0.6 is 15.9 Å². The highest BCUT2D eigenvalue weighted by Crippen LogP contribution is 2.24. The molecule has 0 bridgehead atoms. The fourth-order valence-corrected chi connectivity index (χ4v) is 2.74. The zero-order valence-corrected chi connectivity index (χ0v) is 13.4. The van der Waals surface area contributed by atoms with Crippen LogP contribution in [0.1, 0.15) is 34.2 Å². The van der Waals surface area contributed by atoms with E-state index in [4.69, 9.17) is 4.74 Å². The Bertz CT molecular complexity index is 635. The molecule has 0 unspecified atom stereocenters. The number of benzene rings is 1. The summed E-state index contributed by atoms with van der Waals surface area (Å²) in [5, 5.41) is 4.42. The maximum atomic E-state index is 11.1. The third-order valence-electron chi connectivity index (χ3n) is 3.16. The lowest BCUT2D eigenvalue weighted by molar-refractivity contribution is 0.111. The number of hydrogen-bond donors (Lipinski definition) is 0. The molecular weight excluding hydrogens is 320 g/mol. The van der Waals surface area contributed by atoms with Crippen molar-refractivity contribution in [2.45, 2.75) is 26.9 Å². The summed E-state index contributed by atoms with van der Waals surface area (Å²) in [4.78, 5) is 11.1. The van der Waals surface area contributed by atoms with Gasteiger partial charge in [-0.15, -0.1) is 0 Å². The molecule has 1 heterocycles. The van der Waals surface area contributed by atoms with Crippen LogP contribution in [0.2, 0.25) is 0 Å². The summed E-state index contributed by atoms with van der Waals surface area (Å²) in [7, 11) is 1.89. The van der Waals surface area contributed by atoms with E-state index >= 15 is 0 Å². The molecule has 0 spiro atoms. The largest absolute Gasteiger partial charge is 0.487 e. The van der Waals surface area contributed by atoms with Crippen LogP contribution in [0, 0.1) is 6.92 Å². The number of ether oxygens (including phenoxy) is 1. The van der Waals surface area contributed by atoms with Crippen molar-refractivity contribution in [3.8, 4) is 5.75 Å². The molecule has 4 nitrogen and oxygen atoms in total. The van der Waals surface area contributed by atoms with E-state index in [1.807, 2.05) is 32.2 Å². The number of hydrogen-bond acceptors (Lipinski definition) is 3. The molecule has 20 heavy (non-hydrogen) atoms. The average molecular weight is 337 g/mol. The molecular formula is C15H17BrN2O2. The Hall–Kier alpha value is -1.62. The van der Waals surface area contributed by atoms with E-state index < -0.39 is 0 Å². The summed E-state index contributed by atoms with van der Waals surface area (Å²) < 4.78 is 8.54. The molecule has 0 N–H and O–H groups in total. The highest BCUT2D eigenvalue weighted by molar-refractivity contribution is 9.10. The smallest absolute Gasteiger partial charge is 0.153 e. The predicted octanol–water partition coefficient (Wildman–Crippen LogP) is 3.44. The van der Waals surface area contributed by atoms with Crippen LogP contribution < -0.4 is 4.74 Å². The Morgan fingerprint density at radius 1 is 1.45 bits per heavy atom. The first kappa shape index (κ1) is 14.8. The Morgan fingerprint density at radius 3 is 2.80 bits per heavy atom.